The molecule has 11 nitrogen and oxygen atoms in total. The number of benzene rings is 6. The Balaban J connectivity index is 0.000000224. The number of nitrogens with two attached hydrogens (primary N) is 2. The molecular weight excluding hydrogens is 938 g/mol. The molecular formula is C53H56Cl4N8O3. The number of carbonyl (C=O) groups is 3. The van der Waals surface area contributed by atoms with E-state index in [9.17, 15) is 14.4 Å². The largest absolute Gasteiger partial charge is 0.398 e. The summed E-state index contributed by atoms with van der Waals surface area (Å²) in [7, 11) is 0. The van der Waals surface area contributed by atoms with Gasteiger partial charge in [-0.15, -0.1) is 0 Å². The molecule has 7 rings (SSSR count). The van der Waals surface area contributed by atoms with Crippen molar-refractivity contribution < 1.29 is 14.4 Å². The third-order valence-electron chi connectivity index (χ3n) is 11.7. The lowest BCUT2D eigenvalue weighted by Crippen LogP contribution is -2.37. The van der Waals surface area contributed by atoms with Crippen LogP contribution in [-0.4, -0.2) is 23.0 Å². The van der Waals surface area contributed by atoms with E-state index in [1.165, 1.54) is 6.92 Å². The highest BCUT2D eigenvalue weighted by atomic mass is 35.5. The zero-order valence-electron chi connectivity index (χ0n) is 38.9. The third kappa shape index (κ3) is 12.0. The van der Waals surface area contributed by atoms with Crippen LogP contribution in [0.25, 0.3) is 10.9 Å². The van der Waals surface area contributed by atoms with E-state index in [1.54, 1.807) is 58.3 Å². The molecule has 0 fully saturated rings. The number of carbonyl (C=O) groups excluding carboxylic acids is 3. The van der Waals surface area contributed by atoms with Gasteiger partial charge in [0.1, 0.15) is 0 Å². The number of H-pyrrole nitrogens is 1. The normalized spacial score (nSPS) is 11.3. The minimum atomic E-state index is -0.326. The first kappa shape index (κ1) is 51.0. The molecule has 354 valence electrons. The number of amides is 5. The van der Waals surface area contributed by atoms with Gasteiger partial charge in [-0.05, 0) is 151 Å². The van der Waals surface area contributed by atoms with Crippen LogP contribution in [0.5, 0.6) is 0 Å². The summed E-state index contributed by atoms with van der Waals surface area (Å²) >= 11 is 25.1. The molecule has 0 bridgehead atoms. The molecule has 8 N–H and O–H groups in total. The molecule has 0 unspecified atom stereocenters. The van der Waals surface area contributed by atoms with E-state index in [0.29, 0.717) is 86.4 Å². The first-order chi connectivity index (χ1) is 32.6. The molecule has 0 radical (unpaired) electrons. The summed E-state index contributed by atoms with van der Waals surface area (Å²) in [6, 6.07) is 32.5. The second-order valence-corrected chi connectivity index (χ2v) is 17.8. The molecule has 6 aromatic carbocycles. The number of hydrogen-bond acceptors (Lipinski definition) is 5. The number of nitrogen functional groups attached to an aromatic ring is 2. The monoisotopic (exact) mass is 992 g/mol. The molecule has 0 saturated carbocycles. The summed E-state index contributed by atoms with van der Waals surface area (Å²) in [4.78, 5) is 45.5. The third-order valence-corrected chi connectivity index (χ3v) is 12.9. The fourth-order valence-corrected chi connectivity index (χ4v) is 9.13. The van der Waals surface area contributed by atoms with E-state index >= 15 is 0 Å². The van der Waals surface area contributed by atoms with Crippen molar-refractivity contribution in [3.8, 4) is 0 Å². The Morgan fingerprint density at radius 1 is 0.603 bits per heavy atom. The second kappa shape index (κ2) is 23.1. The van der Waals surface area contributed by atoms with E-state index in [2.05, 4.69) is 20.9 Å². The van der Waals surface area contributed by atoms with Crippen molar-refractivity contribution in [3.05, 3.63) is 169 Å². The van der Waals surface area contributed by atoms with Crippen LogP contribution in [0, 0.1) is 0 Å². The van der Waals surface area contributed by atoms with Gasteiger partial charge in [0, 0.05) is 72.6 Å². The molecule has 1 aromatic heterocycles. The Bertz CT molecular complexity index is 2850. The van der Waals surface area contributed by atoms with Crippen LogP contribution < -0.4 is 37.2 Å². The quantitative estimate of drug-likeness (QED) is 0.0633. The van der Waals surface area contributed by atoms with E-state index in [4.69, 9.17) is 57.9 Å². The number of urea groups is 2. The molecule has 0 spiro atoms. The maximum absolute atomic E-state index is 13.9. The molecule has 7 aromatic rings. The average molecular weight is 995 g/mol. The van der Waals surface area contributed by atoms with E-state index in [0.717, 1.165) is 50.0 Å². The smallest absolute Gasteiger partial charge is 0.326 e. The predicted octanol–water partition coefficient (Wildman–Crippen LogP) is 14.9. The second-order valence-electron chi connectivity index (χ2n) is 16.1. The van der Waals surface area contributed by atoms with Crippen molar-refractivity contribution in [3.63, 3.8) is 0 Å². The molecule has 5 amide bonds. The predicted molar refractivity (Wildman–Crippen MR) is 286 cm³/mol. The standard InChI is InChI=1S/C27H28Cl2N4O.C26H28Cl2N4O2/c1-4-21-23(29)15-24(30)22(5-2)26(21)32-27(34)33(16(3)17-6-8-19(28)9-7-17)20-10-11-25-18(14-20)12-13-31-25;1-4-21-23(28)14-24(29)22(5-2)25(21)31-26(34)32(15-17-6-8-18(27)9-7-17)20-12-10-19(11-13-20)30-16(3)33/h6-16,31H,4-5,30H2,1-3H3,(H,32,34);6-14H,4-5,15,29H2,1-3H3,(H,30,33)(H,31,34)/t16-;/m0./s1. The Kier molecular flexibility index (Phi) is 17.3. The first-order valence-electron chi connectivity index (χ1n) is 22.4. The highest BCUT2D eigenvalue weighted by Crippen LogP contribution is 2.38. The number of rotatable bonds is 13. The van der Waals surface area contributed by atoms with Crippen molar-refractivity contribution in [1.29, 1.82) is 0 Å². The van der Waals surface area contributed by atoms with Crippen molar-refractivity contribution in [2.24, 2.45) is 0 Å². The summed E-state index contributed by atoms with van der Waals surface area (Å²) in [5, 5.41) is 12.3. The molecule has 0 aliphatic rings. The zero-order valence-corrected chi connectivity index (χ0v) is 41.9. The van der Waals surface area contributed by atoms with Gasteiger partial charge in [0.15, 0.2) is 0 Å². The Morgan fingerprint density at radius 3 is 1.62 bits per heavy atom. The highest BCUT2D eigenvalue weighted by molar-refractivity contribution is 6.33. The lowest BCUT2D eigenvalue weighted by atomic mass is 10.0. The van der Waals surface area contributed by atoms with Gasteiger partial charge < -0.3 is 32.4 Å². The van der Waals surface area contributed by atoms with E-state index < -0.39 is 0 Å². The van der Waals surface area contributed by atoms with Crippen LogP contribution in [0.15, 0.2) is 115 Å². The summed E-state index contributed by atoms with van der Waals surface area (Å²) < 4.78 is 0. The summed E-state index contributed by atoms with van der Waals surface area (Å²) in [6.07, 6.45) is 4.52. The number of anilines is 7. The van der Waals surface area contributed by atoms with Gasteiger partial charge in [0.2, 0.25) is 5.91 Å². The molecule has 0 aliphatic heterocycles. The van der Waals surface area contributed by atoms with Gasteiger partial charge in [0.05, 0.1) is 24.0 Å². The maximum Gasteiger partial charge on any atom is 0.326 e. The number of aromatic amines is 1. The summed E-state index contributed by atoms with van der Waals surface area (Å²) in [5.74, 6) is -0.166. The van der Waals surface area contributed by atoms with Gasteiger partial charge in [-0.1, -0.05) is 98.4 Å². The van der Waals surface area contributed by atoms with Crippen molar-refractivity contribution >= 4 is 115 Å². The average Bonchev–Trinajstić information content (AvgIpc) is 3.78. The minimum absolute atomic E-state index is 0.166. The number of aromatic nitrogens is 1. The zero-order chi connectivity index (χ0) is 49.2. The molecule has 1 atom stereocenters. The Hall–Kier alpha value is -6.37. The van der Waals surface area contributed by atoms with Crippen LogP contribution in [0.1, 0.15) is 81.0 Å². The number of fused-ring (bicyclic) bond motifs is 1. The van der Waals surface area contributed by atoms with Crippen molar-refractivity contribution in [2.75, 3.05) is 37.2 Å². The fraction of sp³-hybridized carbons (Fsp3) is 0.226. The van der Waals surface area contributed by atoms with Crippen LogP contribution in [0.2, 0.25) is 20.1 Å². The highest BCUT2D eigenvalue weighted by Gasteiger charge is 2.27. The SMILES string of the molecule is CCc1c(N)cc(Cl)c(CC)c1NC(=O)N(Cc1ccc(Cl)cc1)c1ccc(NC(C)=O)cc1.CCc1c(N)cc(Cl)c(CC)c1NC(=O)N(c1ccc2[nH]ccc2c1)[C@@H](C)c1ccc(Cl)cc1. The first-order valence-corrected chi connectivity index (χ1v) is 23.9. The van der Waals surface area contributed by atoms with Gasteiger partial charge >= 0.3 is 12.1 Å². The number of nitrogens with one attached hydrogen (secondary N) is 4. The Labute approximate surface area is 418 Å². The molecule has 0 saturated heterocycles. The van der Waals surface area contributed by atoms with Crippen LogP contribution in [-0.2, 0) is 37.0 Å². The van der Waals surface area contributed by atoms with Gasteiger partial charge in [0.25, 0.3) is 0 Å². The lowest BCUT2D eigenvalue weighted by Gasteiger charge is -2.31. The van der Waals surface area contributed by atoms with Crippen molar-refractivity contribution in [1.82, 2.24) is 4.98 Å². The number of nitrogens with zero attached hydrogens (tertiary/aromatic N) is 2. The van der Waals surface area contributed by atoms with E-state index in [1.807, 2.05) is 101 Å². The Morgan fingerprint density at radius 2 is 1.10 bits per heavy atom. The summed E-state index contributed by atoms with van der Waals surface area (Å²) in [5.41, 5.74) is 23.4. The van der Waals surface area contributed by atoms with Crippen LogP contribution in [0.3, 0.4) is 0 Å². The molecule has 15 heteroatoms. The molecule has 1 heterocycles. The minimum Gasteiger partial charge on any atom is -0.398 e. The lowest BCUT2D eigenvalue weighted by molar-refractivity contribution is -0.114. The van der Waals surface area contributed by atoms with E-state index in [-0.39, 0.29) is 24.0 Å². The number of hydrogen-bond donors (Lipinski definition) is 6. The van der Waals surface area contributed by atoms with Crippen molar-refractivity contribution in [2.45, 2.75) is 79.8 Å². The summed E-state index contributed by atoms with van der Waals surface area (Å²) in [6.45, 7) is 11.8. The number of halogens is 4. The van der Waals surface area contributed by atoms with Crippen LogP contribution in [0.4, 0.5) is 49.4 Å². The molecule has 0 aliphatic carbocycles. The molecule has 68 heavy (non-hydrogen) atoms. The maximum atomic E-state index is 13.9. The fourth-order valence-electron chi connectivity index (χ4n) is 8.19. The van der Waals surface area contributed by atoms with Crippen LogP contribution >= 0.6 is 46.4 Å². The topological polar surface area (TPSA) is 162 Å². The van der Waals surface area contributed by atoms with Gasteiger partial charge in [-0.25, -0.2) is 9.59 Å². The van der Waals surface area contributed by atoms with Gasteiger partial charge in [-0.2, -0.15) is 0 Å². The van der Waals surface area contributed by atoms with Gasteiger partial charge in [-0.3, -0.25) is 14.6 Å².